The lowest BCUT2D eigenvalue weighted by atomic mass is 9.97. The van der Waals surface area contributed by atoms with E-state index in [0.29, 0.717) is 6.61 Å². The molecule has 0 unspecified atom stereocenters. The number of nitrogens with one attached hydrogen (secondary N) is 1. The number of fused-ring (bicyclic) bond motifs is 3. The maximum atomic E-state index is 8.59. The lowest BCUT2D eigenvalue weighted by Gasteiger charge is -2.46. The zero-order chi connectivity index (χ0) is 35.9. The fourth-order valence-electron chi connectivity index (χ4n) is 6.64. The molecule has 0 bridgehead atoms. The minimum absolute atomic E-state index is 0.113. The van der Waals surface area contributed by atoms with Crippen molar-refractivity contribution in [3.05, 3.63) is 167 Å². The lowest BCUT2D eigenvalue weighted by Crippen LogP contribution is -2.62. The molecule has 10 heteroatoms. The summed E-state index contributed by atoms with van der Waals surface area (Å²) >= 11 is 18.5. The molecule has 1 heterocycles. The predicted molar refractivity (Wildman–Crippen MR) is 202 cm³/mol. The molecule has 7 rings (SSSR count). The van der Waals surface area contributed by atoms with Gasteiger partial charge in [0.25, 0.3) is 3.79 Å². The maximum absolute atomic E-state index is 8.59. The Hall–Kier alpha value is -3.76. The number of halogens is 3. The van der Waals surface area contributed by atoms with E-state index in [4.69, 9.17) is 68.6 Å². The minimum atomic E-state index is -2.15. The van der Waals surface area contributed by atoms with E-state index in [2.05, 4.69) is 12.1 Å². The highest BCUT2D eigenvalue weighted by atomic mass is 35.6. The third-order valence-corrected chi connectivity index (χ3v) is 9.63. The summed E-state index contributed by atoms with van der Waals surface area (Å²) in [5, 5.41) is 8.59. The Kier molecular flexibility index (Phi) is 11.9. The number of hydrogen-bond donors (Lipinski definition) is 1. The van der Waals surface area contributed by atoms with Crippen LogP contribution < -0.4 is 0 Å². The molecule has 0 radical (unpaired) electrons. The maximum Gasteiger partial charge on any atom is 0.265 e. The van der Waals surface area contributed by atoms with Crippen molar-refractivity contribution < 1.29 is 28.4 Å². The second-order valence-electron chi connectivity index (χ2n) is 12.7. The average molecular weight is 759 g/mol. The Bertz CT molecular complexity index is 1860. The van der Waals surface area contributed by atoms with Crippen LogP contribution in [0.15, 0.2) is 140 Å². The summed E-state index contributed by atoms with van der Waals surface area (Å²) < 4.78 is 37.5. The van der Waals surface area contributed by atoms with Gasteiger partial charge < -0.3 is 28.4 Å². The summed E-state index contributed by atoms with van der Waals surface area (Å²) in [6.07, 6.45) is -4.96. The number of rotatable bonds is 13. The van der Waals surface area contributed by atoms with E-state index >= 15 is 0 Å². The largest absolute Gasteiger partial charge is 0.445 e. The van der Waals surface area contributed by atoms with Crippen molar-refractivity contribution in [3.63, 3.8) is 0 Å². The molecule has 0 spiro atoms. The van der Waals surface area contributed by atoms with Gasteiger partial charge >= 0.3 is 0 Å². The molecule has 0 aromatic heterocycles. The molecule has 1 aliphatic carbocycles. The number of alkyl halides is 3. The van der Waals surface area contributed by atoms with Crippen LogP contribution in [0, 0.1) is 5.41 Å². The van der Waals surface area contributed by atoms with Gasteiger partial charge in [-0.25, -0.2) is 0 Å². The van der Waals surface area contributed by atoms with Gasteiger partial charge in [0.2, 0.25) is 12.2 Å². The van der Waals surface area contributed by atoms with E-state index in [1.807, 2.05) is 127 Å². The quantitative estimate of drug-likeness (QED) is 0.0732. The summed E-state index contributed by atoms with van der Waals surface area (Å²) in [5.41, 5.74) is 7.03. The summed E-state index contributed by atoms with van der Waals surface area (Å²) in [4.78, 5) is 0. The van der Waals surface area contributed by atoms with Crippen LogP contribution in [0.1, 0.15) is 33.9 Å². The van der Waals surface area contributed by atoms with Crippen molar-refractivity contribution in [2.24, 2.45) is 0 Å². The highest BCUT2D eigenvalue weighted by Gasteiger charge is 2.52. The van der Waals surface area contributed by atoms with Crippen molar-refractivity contribution in [3.8, 4) is 11.1 Å². The number of ether oxygens (including phenoxy) is 6. The molecule has 52 heavy (non-hydrogen) atoms. The Morgan fingerprint density at radius 2 is 1.04 bits per heavy atom. The van der Waals surface area contributed by atoms with Gasteiger partial charge in [0.05, 0.1) is 26.4 Å². The third-order valence-electron chi connectivity index (χ3n) is 9.12. The van der Waals surface area contributed by atoms with Gasteiger partial charge in [-0.2, -0.15) is 0 Å². The Balaban J connectivity index is 1.27. The van der Waals surface area contributed by atoms with Crippen molar-refractivity contribution in [2.75, 3.05) is 6.61 Å². The minimum Gasteiger partial charge on any atom is -0.445 e. The van der Waals surface area contributed by atoms with E-state index < -0.39 is 46.5 Å². The second kappa shape index (κ2) is 16.9. The van der Waals surface area contributed by atoms with Crippen LogP contribution in [0.25, 0.3) is 11.1 Å². The molecule has 2 aliphatic rings. The van der Waals surface area contributed by atoms with Crippen molar-refractivity contribution in [1.82, 2.24) is 0 Å². The molecule has 0 saturated carbocycles. The molecule has 0 amide bonds. The first kappa shape index (κ1) is 36.6. The first-order valence-electron chi connectivity index (χ1n) is 17.1. The van der Waals surface area contributed by atoms with E-state index in [-0.39, 0.29) is 19.8 Å². The van der Waals surface area contributed by atoms with Gasteiger partial charge in [0, 0.05) is 0 Å². The molecule has 268 valence electrons. The van der Waals surface area contributed by atoms with E-state index in [1.54, 1.807) is 0 Å². The normalized spacial score (nSPS) is 21.3. The fraction of sp³-hybridized carbons (Fsp3) is 0.262. The van der Waals surface area contributed by atoms with Crippen molar-refractivity contribution in [2.45, 2.75) is 60.4 Å². The molecule has 1 fully saturated rings. The molecule has 5 atom stereocenters. The highest BCUT2D eigenvalue weighted by molar-refractivity contribution is 6.76. The van der Waals surface area contributed by atoms with Gasteiger partial charge in [0.1, 0.15) is 30.5 Å². The van der Waals surface area contributed by atoms with Crippen LogP contribution in [-0.4, -0.2) is 47.0 Å². The predicted octanol–water partition coefficient (Wildman–Crippen LogP) is 9.62. The molecular weight excluding hydrogens is 721 g/mol. The molecule has 1 N–H and O–H groups in total. The van der Waals surface area contributed by atoms with Crippen molar-refractivity contribution in [1.29, 1.82) is 5.41 Å². The standard InChI is InChI=1S/C42H38Cl3NO6/c43-42(44,45)41(46)52-40-39(51-36-33-22-12-10-20-31(33)32-21-11-13-23-34(32)36)38(49-26-30-18-8-3-9-19-30)37(48-25-29-16-6-2-7-17-29)35(50-40)27-47-24-28-14-4-1-5-15-28/h1-23,35-40,46H,24-27H2/t35-,37-,38+,39-,40-/m1/s1. The average Bonchev–Trinajstić information content (AvgIpc) is 3.48. The van der Waals surface area contributed by atoms with Crippen LogP contribution in [0.5, 0.6) is 0 Å². The van der Waals surface area contributed by atoms with Crippen LogP contribution in [0.3, 0.4) is 0 Å². The zero-order valence-electron chi connectivity index (χ0n) is 28.2. The van der Waals surface area contributed by atoms with E-state index in [0.717, 1.165) is 38.9 Å². The fourth-order valence-corrected chi connectivity index (χ4v) is 6.77. The number of benzene rings is 5. The van der Waals surface area contributed by atoms with Crippen LogP contribution in [-0.2, 0) is 48.2 Å². The van der Waals surface area contributed by atoms with Crippen LogP contribution >= 0.6 is 34.8 Å². The van der Waals surface area contributed by atoms with Gasteiger partial charge in [-0.05, 0) is 38.9 Å². The topological polar surface area (TPSA) is 79.2 Å². The summed E-state index contributed by atoms with van der Waals surface area (Å²) in [5.74, 6) is -0.613. The SMILES string of the molecule is N=C(O[C@H]1O[C@H](COCc2ccccc2)[C@@H](OCc2ccccc2)[C@H](OCc2ccccc2)[C@H]1OC1c2ccccc2-c2ccccc21)C(Cl)(Cl)Cl. The third kappa shape index (κ3) is 8.71. The van der Waals surface area contributed by atoms with Crippen LogP contribution in [0.2, 0.25) is 0 Å². The summed E-state index contributed by atoms with van der Waals surface area (Å²) in [7, 11) is 0. The monoisotopic (exact) mass is 757 g/mol. The summed E-state index contributed by atoms with van der Waals surface area (Å²) in [6, 6.07) is 45.9. The highest BCUT2D eigenvalue weighted by Crippen LogP contribution is 2.47. The van der Waals surface area contributed by atoms with E-state index in [1.165, 1.54) is 0 Å². The Labute approximate surface area is 318 Å². The lowest BCUT2D eigenvalue weighted by molar-refractivity contribution is -0.316. The summed E-state index contributed by atoms with van der Waals surface area (Å²) in [6.45, 7) is 0.961. The smallest absolute Gasteiger partial charge is 0.265 e. The number of hydrogen-bond acceptors (Lipinski definition) is 7. The van der Waals surface area contributed by atoms with Gasteiger partial charge in [-0.3, -0.25) is 5.41 Å². The molecule has 7 nitrogen and oxygen atoms in total. The molecule has 1 saturated heterocycles. The first-order chi connectivity index (χ1) is 25.3. The van der Waals surface area contributed by atoms with Crippen LogP contribution in [0.4, 0.5) is 0 Å². The Morgan fingerprint density at radius 1 is 0.577 bits per heavy atom. The molecular formula is C42H38Cl3NO6. The van der Waals surface area contributed by atoms with Gasteiger partial charge in [-0.15, -0.1) is 0 Å². The van der Waals surface area contributed by atoms with Gasteiger partial charge in [-0.1, -0.05) is 174 Å². The zero-order valence-corrected chi connectivity index (χ0v) is 30.4. The molecule has 5 aromatic carbocycles. The van der Waals surface area contributed by atoms with Crippen molar-refractivity contribution >= 4 is 40.7 Å². The Morgan fingerprint density at radius 3 is 1.56 bits per heavy atom. The second-order valence-corrected chi connectivity index (χ2v) is 14.9. The first-order valence-corrected chi connectivity index (χ1v) is 18.2. The molecule has 1 aliphatic heterocycles. The van der Waals surface area contributed by atoms with E-state index in [9.17, 15) is 0 Å². The molecule has 5 aromatic rings. The van der Waals surface area contributed by atoms with Gasteiger partial charge in [0.15, 0.2) is 0 Å².